The van der Waals surface area contributed by atoms with Crippen molar-refractivity contribution in [3.8, 4) is 0 Å². The summed E-state index contributed by atoms with van der Waals surface area (Å²) in [6.07, 6.45) is 0. The van der Waals surface area contributed by atoms with Crippen molar-refractivity contribution < 1.29 is 4.39 Å². The standard InChI is InChI=1S/C11H13FN6/c12-8-3-1-7(2-4-8)6-15-9-5-10(18-14)17-11(13)16-9/h1-5H,6,14H2,(H4,13,15,16,17,18). The minimum absolute atomic E-state index is 0.118. The first kappa shape index (κ1) is 12.1. The molecule has 0 saturated heterocycles. The molecule has 0 aliphatic carbocycles. The quantitative estimate of drug-likeness (QED) is 0.477. The number of nitrogens with one attached hydrogen (secondary N) is 2. The number of hydrogen-bond donors (Lipinski definition) is 4. The van der Waals surface area contributed by atoms with Gasteiger partial charge in [-0.2, -0.15) is 9.97 Å². The monoisotopic (exact) mass is 248 g/mol. The average Bonchev–Trinajstić information content (AvgIpc) is 2.37. The van der Waals surface area contributed by atoms with Gasteiger partial charge in [0.1, 0.15) is 17.5 Å². The number of hydrazine groups is 1. The van der Waals surface area contributed by atoms with Crippen LogP contribution in [-0.2, 0) is 6.54 Å². The fourth-order valence-electron chi connectivity index (χ4n) is 1.43. The van der Waals surface area contributed by atoms with Crippen LogP contribution in [0.1, 0.15) is 5.56 Å². The Morgan fingerprint density at radius 3 is 2.44 bits per heavy atom. The Kier molecular flexibility index (Phi) is 3.54. The van der Waals surface area contributed by atoms with Gasteiger partial charge < -0.3 is 16.5 Å². The number of anilines is 3. The van der Waals surface area contributed by atoms with E-state index in [0.717, 1.165) is 5.56 Å². The minimum Gasteiger partial charge on any atom is -0.368 e. The van der Waals surface area contributed by atoms with Gasteiger partial charge in [-0.1, -0.05) is 12.1 Å². The van der Waals surface area contributed by atoms with E-state index in [1.54, 1.807) is 18.2 Å². The summed E-state index contributed by atoms with van der Waals surface area (Å²) in [5.74, 6) is 6.06. The lowest BCUT2D eigenvalue weighted by Gasteiger charge is -2.08. The molecule has 2 aromatic rings. The largest absolute Gasteiger partial charge is 0.368 e. The van der Waals surface area contributed by atoms with E-state index in [-0.39, 0.29) is 11.8 Å². The van der Waals surface area contributed by atoms with E-state index in [4.69, 9.17) is 11.6 Å². The molecule has 0 aliphatic rings. The first-order valence-electron chi connectivity index (χ1n) is 5.27. The summed E-state index contributed by atoms with van der Waals surface area (Å²) >= 11 is 0. The van der Waals surface area contributed by atoms with Crippen molar-refractivity contribution in [2.45, 2.75) is 6.54 Å². The van der Waals surface area contributed by atoms with Gasteiger partial charge >= 0.3 is 0 Å². The molecule has 1 aromatic heterocycles. The van der Waals surface area contributed by atoms with Gasteiger partial charge in [0.15, 0.2) is 0 Å². The molecule has 0 unspecified atom stereocenters. The number of nitrogens with zero attached hydrogens (tertiary/aromatic N) is 2. The zero-order chi connectivity index (χ0) is 13.0. The van der Waals surface area contributed by atoms with E-state index in [0.29, 0.717) is 18.2 Å². The molecule has 0 spiro atoms. The third-order valence-electron chi connectivity index (χ3n) is 2.28. The lowest BCUT2D eigenvalue weighted by molar-refractivity contribution is 0.627. The van der Waals surface area contributed by atoms with Crippen LogP contribution in [0.2, 0.25) is 0 Å². The number of nitrogen functional groups attached to an aromatic ring is 2. The van der Waals surface area contributed by atoms with E-state index >= 15 is 0 Å². The molecular weight excluding hydrogens is 235 g/mol. The molecule has 94 valence electrons. The highest BCUT2D eigenvalue weighted by atomic mass is 19.1. The van der Waals surface area contributed by atoms with E-state index < -0.39 is 0 Å². The van der Waals surface area contributed by atoms with Crippen molar-refractivity contribution in [2.24, 2.45) is 5.84 Å². The second-order valence-corrected chi connectivity index (χ2v) is 3.62. The van der Waals surface area contributed by atoms with Crippen molar-refractivity contribution in [3.05, 3.63) is 41.7 Å². The molecule has 2 rings (SSSR count). The molecule has 6 N–H and O–H groups in total. The van der Waals surface area contributed by atoms with E-state index in [1.165, 1.54) is 12.1 Å². The Labute approximate surface area is 103 Å². The number of aromatic nitrogens is 2. The van der Waals surface area contributed by atoms with Crippen molar-refractivity contribution >= 4 is 17.6 Å². The second-order valence-electron chi connectivity index (χ2n) is 3.62. The van der Waals surface area contributed by atoms with Gasteiger partial charge in [0, 0.05) is 12.6 Å². The molecule has 6 nitrogen and oxygen atoms in total. The van der Waals surface area contributed by atoms with Crippen LogP contribution in [0.5, 0.6) is 0 Å². The molecule has 1 aromatic carbocycles. The summed E-state index contributed by atoms with van der Waals surface area (Å²) < 4.78 is 12.7. The minimum atomic E-state index is -0.264. The first-order chi connectivity index (χ1) is 8.67. The molecule has 7 heteroatoms. The van der Waals surface area contributed by atoms with Crippen LogP contribution in [0.15, 0.2) is 30.3 Å². The van der Waals surface area contributed by atoms with Gasteiger partial charge in [0.2, 0.25) is 5.95 Å². The molecule has 0 aliphatic heterocycles. The van der Waals surface area contributed by atoms with Gasteiger partial charge in [-0.3, -0.25) is 0 Å². The lowest BCUT2D eigenvalue weighted by Crippen LogP contribution is -2.12. The molecule has 0 atom stereocenters. The van der Waals surface area contributed by atoms with Crippen LogP contribution < -0.4 is 22.3 Å². The van der Waals surface area contributed by atoms with E-state index in [1.807, 2.05) is 0 Å². The maximum Gasteiger partial charge on any atom is 0.223 e. The second kappa shape index (κ2) is 5.28. The van der Waals surface area contributed by atoms with Crippen LogP contribution >= 0.6 is 0 Å². The smallest absolute Gasteiger partial charge is 0.223 e. The Balaban J connectivity index is 2.05. The fraction of sp³-hybridized carbons (Fsp3) is 0.0909. The highest BCUT2D eigenvalue weighted by Gasteiger charge is 2.01. The third-order valence-corrected chi connectivity index (χ3v) is 2.28. The van der Waals surface area contributed by atoms with Crippen molar-refractivity contribution in [3.63, 3.8) is 0 Å². The Hall–Kier alpha value is -2.41. The van der Waals surface area contributed by atoms with Crippen molar-refractivity contribution in [1.29, 1.82) is 0 Å². The molecule has 0 amide bonds. The highest BCUT2D eigenvalue weighted by Crippen LogP contribution is 2.12. The maximum atomic E-state index is 12.7. The SMILES string of the molecule is NNc1cc(NCc2ccc(F)cc2)nc(N)n1. The summed E-state index contributed by atoms with van der Waals surface area (Å²) in [6.45, 7) is 0.501. The van der Waals surface area contributed by atoms with Gasteiger partial charge in [-0.25, -0.2) is 10.2 Å². The van der Waals surface area contributed by atoms with E-state index in [2.05, 4.69) is 20.7 Å². The maximum absolute atomic E-state index is 12.7. The summed E-state index contributed by atoms with van der Waals surface area (Å²) in [5.41, 5.74) is 8.84. The molecule has 0 saturated carbocycles. The topological polar surface area (TPSA) is 102 Å². The van der Waals surface area contributed by atoms with Crippen LogP contribution in [0.25, 0.3) is 0 Å². The van der Waals surface area contributed by atoms with E-state index in [9.17, 15) is 4.39 Å². The zero-order valence-electron chi connectivity index (χ0n) is 9.52. The van der Waals surface area contributed by atoms with Gasteiger partial charge in [0.25, 0.3) is 0 Å². The molecular formula is C11H13FN6. The predicted molar refractivity (Wildman–Crippen MR) is 68.0 cm³/mol. The number of hydrogen-bond acceptors (Lipinski definition) is 6. The molecule has 0 bridgehead atoms. The van der Waals surface area contributed by atoms with Crippen LogP contribution in [-0.4, -0.2) is 9.97 Å². The van der Waals surface area contributed by atoms with Crippen LogP contribution in [0.4, 0.5) is 22.0 Å². The van der Waals surface area contributed by atoms with Gasteiger partial charge in [-0.05, 0) is 17.7 Å². The van der Waals surface area contributed by atoms with Crippen molar-refractivity contribution in [2.75, 3.05) is 16.5 Å². The summed E-state index contributed by atoms with van der Waals surface area (Å²) in [6, 6.07) is 7.81. The molecule has 18 heavy (non-hydrogen) atoms. The van der Waals surface area contributed by atoms with Gasteiger partial charge in [0.05, 0.1) is 0 Å². The zero-order valence-corrected chi connectivity index (χ0v) is 9.52. The molecule has 0 fully saturated rings. The third kappa shape index (κ3) is 3.05. The summed E-state index contributed by atoms with van der Waals surface area (Å²) in [4.78, 5) is 7.86. The van der Waals surface area contributed by atoms with Crippen molar-refractivity contribution in [1.82, 2.24) is 9.97 Å². The predicted octanol–water partition coefficient (Wildman–Crippen LogP) is 1.10. The fourth-order valence-corrected chi connectivity index (χ4v) is 1.43. The Bertz CT molecular complexity index is 528. The van der Waals surface area contributed by atoms with Crippen LogP contribution in [0, 0.1) is 5.82 Å². The molecule has 0 radical (unpaired) electrons. The highest BCUT2D eigenvalue weighted by molar-refractivity contribution is 5.50. The first-order valence-corrected chi connectivity index (χ1v) is 5.27. The lowest BCUT2D eigenvalue weighted by atomic mass is 10.2. The van der Waals surface area contributed by atoms with Crippen LogP contribution in [0.3, 0.4) is 0 Å². The number of nitrogens with two attached hydrogens (primary N) is 2. The normalized spacial score (nSPS) is 10.1. The Morgan fingerprint density at radius 2 is 1.78 bits per heavy atom. The summed E-state index contributed by atoms with van der Waals surface area (Å²) in [5, 5.41) is 3.05. The Morgan fingerprint density at radius 1 is 1.11 bits per heavy atom. The average molecular weight is 248 g/mol. The number of rotatable bonds is 4. The number of halogens is 1. The molecule has 1 heterocycles. The van der Waals surface area contributed by atoms with Gasteiger partial charge in [-0.15, -0.1) is 0 Å². The number of benzene rings is 1. The summed E-state index contributed by atoms with van der Waals surface area (Å²) in [7, 11) is 0.